The van der Waals surface area contributed by atoms with Crippen LogP contribution in [-0.2, 0) is 0 Å². The van der Waals surface area contributed by atoms with Gasteiger partial charge in [-0.1, -0.05) is 0 Å². The Balaban J connectivity index is 2.43. The topological polar surface area (TPSA) is 58.6 Å². The molecule has 0 aromatic carbocycles. The number of nitrogens with zero attached hydrogens (tertiary/aromatic N) is 1. The summed E-state index contributed by atoms with van der Waals surface area (Å²) in [5.41, 5.74) is 6.41. The predicted octanol–water partition coefficient (Wildman–Crippen LogP) is -1.40. The van der Waals surface area contributed by atoms with E-state index in [1.54, 1.807) is 6.92 Å². The molecule has 0 amide bonds. The van der Waals surface area contributed by atoms with Crippen LogP contribution in [0.3, 0.4) is 0 Å². The Morgan fingerprint density at radius 2 is 2.40 bits per heavy atom. The summed E-state index contributed by atoms with van der Waals surface area (Å²) in [6, 6.07) is 0. The van der Waals surface area contributed by atoms with Crippen LogP contribution in [-0.4, -0.2) is 26.4 Å². The van der Waals surface area contributed by atoms with Crippen LogP contribution in [0, 0.1) is 0 Å². The van der Waals surface area contributed by atoms with Gasteiger partial charge in [-0.2, -0.15) is 0 Å². The second-order valence-corrected chi connectivity index (χ2v) is 7.04. The Hall–Kier alpha value is 0.540. The zero-order chi connectivity index (χ0) is 11.3. The number of hydrogen-bond acceptors (Lipinski definition) is 3. The van der Waals surface area contributed by atoms with Gasteiger partial charge in [0.1, 0.15) is 0 Å². The average Bonchev–Trinajstić information content (AvgIpc) is 2.17. The molecular formula is C10H17BrIN2O-. The first kappa shape index (κ1) is 13.6. The third-order valence-electron chi connectivity index (χ3n) is 2.16. The Kier molecular flexibility index (Phi) is 6.33. The molecule has 0 fully saturated rings. The van der Waals surface area contributed by atoms with Gasteiger partial charge in [-0.15, -0.1) is 0 Å². The summed E-state index contributed by atoms with van der Waals surface area (Å²) >= 11 is 3.37. The van der Waals surface area contributed by atoms with Gasteiger partial charge in [0.25, 0.3) is 0 Å². The zero-order valence-electron chi connectivity index (χ0n) is 8.79. The molecule has 88 valence electrons. The summed E-state index contributed by atoms with van der Waals surface area (Å²) in [5, 5.41) is 9.47. The number of nitrogens with two attached hydrogens (primary N) is 1. The number of alkyl halides is 1. The molecule has 2 atom stereocenters. The van der Waals surface area contributed by atoms with Gasteiger partial charge < -0.3 is 0 Å². The van der Waals surface area contributed by atoms with Crippen molar-refractivity contribution in [1.82, 2.24) is 0 Å². The standard InChI is InChI=1S/C10H17BrIN2O/c1-7(15)8-6-12-9(14-10(8)11)4-2-3-5-13/h6-7,9,15H,2-5,13H2,1H3/q-1/t7?,9-/m0/s1. The summed E-state index contributed by atoms with van der Waals surface area (Å²) in [6.45, 7) is 2.55. The average molecular weight is 388 g/mol. The molecule has 0 saturated carbocycles. The minimum absolute atomic E-state index is 0.0503. The van der Waals surface area contributed by atoms with Crippen LogP contribution >= 0.6 is 15.9 Å². The predicted molar refractivity (Wildman–Crippen MR) is 62.8 cm³/mol. The molecule has 0 spiro atoms. The van der Waals surface area contributed by atoms with Crippen molar-refractivity contribution in [1.29, 1.82) is 0 Å². The van der Waals surface area contributed by atoms with Crippen LogP contribution in [0.4, 0.5) is 0 Å². The molecule has 1 unspecified atom stereocenters. The molecule has 1 heterocycles. The monoisotopic (exact) mass is 387 g/mol. The van der Waals surface area contributed by atoms with Crippen molar-refractivity contribution in [3.63, 3.8) is 0 Å². The fourth-order valence-electron chi connectivity index (χ4n) is 1.26. The Labute approximate surface area is 110 Å². The van der Waals surface area contributed by atoms with Crippen LogP contribution in [0.2, 0.25) is 0 Å². The second kappa shape index (κ2) is 6.98. The number of hydrogen-bond donors (Lipinski definition) is 2. The molecule has 0 bridgehead atoms. The number of unbranched alkanes of at least 4 members (excludes halogenated alkanes) is 1. The molecule has 0 aromatic heterocycles. The molecule has 0 saturated heterocycles. The van der Waals surface area contributed by atoms with Crippen LogP contribution in [0.15, 0.2) is 14.6 Å². The van der Waals surface area contributed by atoms with E-state index in [9.17, 15) is 5.11 Å². The maximum absolute atomic E-state index is 9.47. The van der Waals surface area contributed by atoms with Crippen LogP contribution < -0.4 is 26.9 Å². The van der Waals surface area contributed by atoms with Crippen LogP contribution in [0.25, 0.3) is 0 Å². The van der Waals surface area contributed by atoms with E-state index >= 15 is 0 Å². The first-order valence-electron chi connectivity index (χ1n) is 5.09. The summed E-state index contributed by atoms with van der Waals surface area (Å²) in [5.74, 6) is 0. The van der Waals surface area contributed by atoms with Crippen molar-refractivity contribution in [2.45, 2.75) is 36.3 Å². The molecule has 0 radical (unpaired) electrons. The number of aliphatic imine (C=N–C) groups is 1. The minimum atomic E-state index is -0.409. The van der Waals surface area contributed by atoms with Crippen molar-refractivity contribution in [3.8, 4) is 0 Å². The Morgan fingerprint density at radius 3 is 2.93 bits per heavy atom. The summed E-state index contributed by atoms with van der Waals surface area (Å²) in [7, 11) is 0. The Bertz CT molecular complexity index is 266. The van der Waals surface area contributed by atoms with Crippen LogP contribution in [0.5, 0.6) is 0 Å². The van der Waals surface area contributed by atoms with Gasteiger partial charge >= 0.3 is 110 Å². The van der Waals surface area contributed by atoms with E-state index in [4.69, 9.17) is 5.73 Å². The number of rotatable bonds is 5. The van der Waals surface area contributed by atoms with Gasteiger partial charge in [0, 0.05) is 0 Å². The molecule has 3 nitrogen and oxygen atoms in total. The fourth-order valence-corrected chi connectivity index (χ4v) is 5.62. The van der Waals surface area contributed by atoms with Crippen molar-refractivity contribution in [2.75, 3.05) is 6.54 Å². The van der Waals surface area contributed by atoms with E-state index in [-0.39, 0.29) is 21.2 Å². The van der Waals surface area contributed by atoms with Gasteiger partial charge in [-0.05, 0) is 0 Å². The zero-order valence-corrected chi connectivity index (χ0v) is 12.5. The van der Waals surface area contributed by atoms with E-state index in [0.717, 1.165) is 36.0 Å². The number of aliphatic hydroxyl groups is 1. The maximum atomic E-state index is 9.47. The third-order valence-corrected chi connectivity index (χ3v) is 5.59. The van der Waals surface area contributed by atoms with E-state index in [1.807, 2.05) is 0 Å². The Morgan fingerprint density at radius 1 is 1.67 bits per heavy atom. The van der Waals surface area contributed by atoms with Gasteiger partial charge in [-0.25, -0.2) is 0 Å². The third kappa shape index (κ3) is 4.50. The molecular weight excluding hydrogens is 371 g/mol. The van der Waals surface area contributed by atoms with Gasteiger partial charge in [0.05, 0.1) is 0 Å². The molecule has 1 rings (SSSR count). The van der Waals surface area contributed by atoms with Crippen molar-refractivity contribution < 1.29 is 26.3 Å². The summed E-state index contributed by atoms with van der Waals surface area (Å²) < 4.78 is 3.49. The SMILES string of the molecule is CC(O)C1=C[I-][C@H](CCCCN)N=C1Br. The van der Waals surface area contributed by atoms with Crippen molar-refractivity contribution >= 4 is 20.6 Å². The quantitative estimate of drug-likeness (QED) is 0.264. The summed E-state index contributed by atoms with van der Waals surface area (Å²) in [6.07, 6.45) is 2.96. The van der Waals surface area contributed by atoms with E-state index < -0.39 is 6.10 Å². The number of halogens is 2. The van der Waals surface area contributed by atoms with E-state index in [0.29, 0.717) is 4.05 Å². The molecule has 0 aliphatic carbocycles. The van der Waals surface area contributed by atoms with Gasteiger partial charge in [0.15, 0.2) is 0 Å². The van der Waals surface area contributed by atoms with E-state index in [2.05, 4.69) is 25.0 Å². The van der Waals surface area contributed by atoms with Gasteiger partial charge in [0.2, 0.25) is 0 Å². The molecule has 3 N–H and O–H groups in total. The molecule has 15 heavy (non-hydrogen) atoms. The van der Waals surface area contributed by atoms with Crippen LogP contribution in [0.1, 0.15) is 26.2 Å². The molecule has 1 aliphatic rings. The molecule has 5 heteroatoms. The van der Waals surface area contributed by atoms with E-state index in [1.165, 1.54) is 0 Å². The number of aliphatic hydroxyl groups excluding tert-OH is 1. The molecule has 1 aliphatic heterocycles. The normalized spacial score (nSPS) is 23.9. The second-order valence-electron chi connectivity index (χ2n) is 3.51. The fraction of sp³-hybridized carbons (Fsp3) is 0.700. The first-order chi connectivity index (χ1) is 7.15. The summed E-state index contributed by atoms with van der Waals surface area (Å²) in [4.78, 5) is 4.57. The van der Waals surface area contributed by atoms with Crippen molar-refractivity contribution in [3.05, 3.63) is 9.66 Å². The van der Waals surface area contributed by atoms with Gasteiger partial charge in [-0.3, -0.25) is 0 Å². The first-order valence-corrected chi connectivity index (χ1v) is 8.37. The van der Waals surface area contributed by atoms with Crippen molar-refractivity contribution in [2.24, 2.45) is 10.7 Å². The molecule has 0 aromatic rings.